The fraction of sp³-hybridized carbons (Fsp3) is 0.364. The molecule has 1 saturated carbocycles. The van der Waals surface area contributed by atoms with Crippen LogP contribution in [0.1, 0.15) is 17.1 Å². The van der Waals surface area contributed by atoms with Gasteiger partial charge in [0.1, 0.15) is 16.3 Å². The monoisotopic (exact) mass is 485 g/mol. The number of anilines is 1. The first-order valence-corrected chi connectivity index (χ1v) is 12.2. The highest BCUT2D eigenvalue weighted by Crippen LogP contribution is 2.63. The molecule has 4 aromatic rings. The van der Waals surface area contributed by atoms with Crippen molar-refractivity contribution in [3.8, 4) is 11.3 Å². The number of hydrogen-bond acceptors (Lipinski definition) is 7. The highest BCUT2D eigenvalue weighted by Gasteiger charge is 2.67. The van der Waals surface area contributed by atoms with Crippen molar-refractivity contribution < 1.29 is 0 Å². The maximum absolute atomic E-state index is 6.40. The average molecular weight is 486 g/mol. The summed E-state index contributed by atoms with van der Waals surface area (Å²) in [5, 5.41) is 11.7. The normalized spacial score (nSPS) is 24.7. The van der Waals surface area contributed by atoms with Gasteiger partial charge in [-0.3, -0.25) is 5.10 Å². The Morgan fingerprint density at radius 3 is 2.94 bits per heavy atom. The molecule has 1 saturated heterocycles. The number of halogens is 2. The van der Waals surface area contributed by atoms with Gasteiger partial charge in [0, 0.05) is 41.7 Å². The van der Waals surface area contributed by atoms with Crippen molar-refractivity contribution >= 4 is 51.5 Å². The van der Waals surface area contributed by atoms with Gasteiger partial charge in [-0.1, -0.05) is 35.3 Å². The highest BCUT2D eigenvalue weighted by molar-refractivity contribution is 7.09. The van der Waals surface area contributed by atoms with Gasteiger partial charge in [0.05, 0.1) is 21.9 Å². The van der Waals surface area contributed by atoms with Crippen molar-refractivity contribution in [2.45, 2.75) is 18.8 Å². The minimum Gasteiger partial charge on any atom is -0.355 e. The van der Waals surface area contributed by atoms with Crippen LogP contribution in [0.15, 0.2) is 29.8 Å². The Morgan fingerprint density at radius 1 is 1.28 bits per heavy atom. The molecule has 3 aromatic heterocycles. The number of H-pyrrole nitrogens is 1. The summed E-state index contributed by atoms with van der Waals surface area (Å²) < 4.78 is 0. The first-order valence-electron chi connectivity index (χ1n) is 10.6. The van der Waals surface area contributed by atoms with E-state index >= 15 is 0 Å². The van der Waals surface area contributed by atoms with Gasteiger partial charge in [-0.05, 0) is 31.2 Å². The molecule has 10 heteroatoms. The van der Waals surface area contributed by atoms with Crippen LogP contribution in [-0.2, 0) is 5.41 Å². The first-order chi connectivity index (χ1) is 15.5. The Balaban J connectivity index is 1.29. The molecule has 2 aliphatic rings. The third kappa shape index (κ3) is 2.90. The fourth-order valence-electron chi connectivity index (χ4n) is 5.28. The van der Waals surface area contributed by atoms with Crippen molar-refractivity contribution in [1.29, 1.82) is 0 Å². The number of aromatic amines is 1. The van der Waals surface area contributed by atoms with Crippen LogP contribution >= 0.6 is 34.5 Å². The molecule has 0 bridgehead atoms. The van der Waals surface area contributed by atoms with Gasteiger partial charge in [0.25, 0.3) is 0 Å². The summed E-state index contributed by atoms with van der Waals surface area (Å²) in [6, 6.07) is 5.50. The third-order valence-corrected chi connectivity index (χ3v) is 8.95. The number of fused-ring (bicyclic) bond motifs is 2. The van der Waals surface area contributed by atoms with Gasteiger partial charge in [-0.2, -0.15) is 5.10 Å². The average Bonchev–Trinajstić information content (AvgIpc) is 3.06. The summed E-state index contributed by atoms with van der Waals surface area (Å²) in [6.07, 6.45) is 2.89. The van der Waals surface area contributed by atoms with E-state index in [1.54, 1.807) is 17.4 Å². The van der Waals surface area contributed by atoms with E-state index in [0.29, 0.717) is 45.3 Å². The lowest BCUT2D eigenvalue weighted by Gasteiger charge is -2.26. The molecule has 6 rings (SSSR count). The van der Waals surface area contributed by atoms with E-state index in [-0.39, 0.29) is 5.41 Å². The molecule has 164 valence electrons. The third-order valence-electron chi connectivity index (χ3n) is 6.98. The Kier molecular flexibility index (Phi) is 4.69. The van der Waals surface area contributed by atoms with Crippen molar-refractivity contribution in [2.24, 2.45) is 17.6 Å². The van der Waals surface area contributed by atoms with Crippen LogP contribution in [0.4, 0.5) is 5.82 Å². The summed E-state index contributed by atoms with van der Waals surface area (Å²) in [6.45, 7) is 4.50. The molecule has 1 aliphatic heterocycles. The fourth-order valence-corrected chi connectivity index (χ4v) is 6.82. The minimum absolute atomic E-state index is 0.00797. The van der Waals surface area contributed by atoms with Gasteiger partial charge in [0.2, 0.25) is 5.65 Å². The number of thiazole rings is 1. The summed E-state index contributed by atoms with van der Waals surface area (Å²) in [5.74, 6) is 1.91. The number of piperidine rings is 1. The summed E-state index contributed by atoms with van der Waals surface area (Å²) in [7, 11) is 0. The first kappa shape index (κ1) is 20.4. The van der Waals surface area contributed by atoms with Gasteiger partial charge in [-0.25, -0.2) is 15.0 Å². The van der Waals surface area contributed by atoms with Crippen LogP contribution < -0.4 is 10.6 Å². The molecule has 3 atom stereocenters. The highest BCUT2D eigenvalue weighted by atomic mass is 35.5. The molecular weight excluding hydrogens is 465 g/mol. The molecule has 0 spiro atoms. The second kappa shape index (κ2) is 7.38. The minimum atomic E-state index is 0.00797. The molecule has 1 aromatic carbocycles. The number of nitrogens with one attached hydrogen (secondary N) is 1. The molecule has 0 amide bonds. The molecular formula is C22H21Cl2N7S. The molecule has 7 nitrogen and oxygen atoms in total. The Labute approximate surface area is 199 Å². The van der Waals surface area contributed by atoms with E-state index in [4.69, 9.17) is 38.9 Å². The zero-order valence-electron chi connectivity index (χ0n) is 17.3. The number of aryl methyl sites for hydroxylation is 1. The topological polar surface area (TPSA) is 96.6 Å². The van der Waals surface area contributed by atoms with Gasteiger partial charge >= 0.3 is 0 Å². The lowest BCUT2D eigenvalue weighted by atomic mass is 10.0. The quantitative estimate of drug-likeness (QED) is 0.443. The lowest BCUT2D eigenvalue weighted by molar-refractivity contribution is 0.545. The van der Waals surface area contributed by atoms with Crippen LogP contribution in [0, 0.1) is 18.8 Å². The number of nitrogens with zero attached hydrogens (tertiary/aromatic N) is 5. The van der Waals surface area contributed by atoms with E-state index in [0.717, 1.165) is 36.6 Å². The molecule has 1 aliphatic carbocycles. The van der Waals surface area contributed by atoms with Crippen molar-refractivity contribution in [2.75, 3.05) is 24.5 Å². The van der Waals surface area contributed by atoms with Crippen LogP contribution in [0.3, 0.4) is 0 Å². The zero-order valence-corrected chi connectivity index (χ0v) is 19.7. The van der Waals surface area contributed by atoms with E-state index in [1.807, 2.05) is 25.3 Å². The molecule has 0 radical (unpaired) electrons. The van der Waals surface area contributed by atoms with Crippen molar-refractivity contribution in [3.63, 3.8) is 0 Å². The van der Waals surface area contributed by atoms with Crippen LogP contribution in [0.25, 0.3) is 22.4 Å². The van der Waals surface area contributed by atoms with Gasteiger partial charge in [0.15, 0.2) is 0 Å². The van der Waals surface area contributed by atoms with E-state index in [1.165, 1.54) is 5.01 Å². The smallest absolute Gasteiger partial charge is 0.202 e. The number of benzene rings is 1. The molecule has 3 unspecified atom stereocenters. The summed E-state index contributed by atoms with van der Waals surface area (Å²) >= 11 is 14.3. The maximum Gasteiger partial charge on any atom is 0.202 e. The number of aromatic nitrogens is 5. The second-order valence-corrected chi connectivity index (χ2v) is 10.2. The predicted octanol–water partition coefficient (Wildman–Crippen LogP) is 4.44. The molecule has 4 heterocycles. The second-order valence-electron chi connectivity index (χ2n) is 8.59. The Bertz CT molecular complexity index is 1340. The molecule has 32 heavy (non-hydrogen) atoms. The van der Waals surface area contributed by atoms with E-state index in [9.17, 15) is 0 Å². The molecule has 3 N–H and O–H groups in total. The van der Waals surface area contributed by atoms with Crippen LogP contribution in [-0.4, -0.2) is 44.8 Å². The Hall–Kier alpha value is -2.26. The van der Waals surface area contributed by atoms with E-state index < -0.39 is 0 Å². The van der Waals surface area contributed by atoms with Gasteiger partial charge < -0.3 is 10.6 Å². The SMILES string of the molecule is Cc1csc(C2(CN)C3CCN(c4cnc5c(-c6cccc(Cl)c6Cl)[nH]nc5n4)CC32)n1. The summed E-state index contributed by atoms with van der Waals surface area (Å²) in [5.41, 5.74) is 10.1. The van der Waals surface area contributed by atoms with E-state index in [2.05, 4.69) is 25.5 Å². The predicted molar refractivity (Wildman–Crippen MR) is 129 cm³/mol. The van der Waals surface area contributed by atoms with Crippen molar-refractivity contribution in [3.05, 3.63) is 50.5 Å². The van der Waals surface area contributed by atoms with Crippen LogP contribution in [0.5, 0.6) is 0 Å². The van der Waals surface area contributed by atoms with Crippen LogP contribution in [0.2, 0.25) is 10.0 Å². The van der Waals surface area contributed by atoms with Crippen molar-refractivity contribution in [1.82, 2.24) is 25.1 Å². The Morgan fingerprint density at radius 2 is 2.16 bits per heavy atom. The standard InChI is InChI=1S/C22H21Cl2N7S/c1-11-9-32-21(27-11)22(10-25)13-5-6-31(8-14(13)22)16-7-26-19-18(29-30-20(19)28-16)12-3-2-4-15(23)17(12)24/h2-4,7,9,13-14H,5-6,8,10,25H2,1H3,(H,28,29,30). The maximum atomic E-state index is 6.40. The number of nitrogens with two attached hydrogens (primary N) is 1. The largest absolute Gasteiger partial charge is 0.355 e. The van der Waals surface area contributed by atoms with Gasteiger partial charge in [-0.15, -0.1) is 11.3 Å². The number of rotatable bonds is 4. The number of hydrogen-bond donors (Lipinski definition) is 2. The summed E-state index contributed by atoms with van der Waals surface area (Å²) in [4.78, 5) is 16.6. The lowest BCUT2D eigenvalue weighted by Crippen LogP contribution is -2.32. The zero-order chi connectivity index (χ0) is 22.0. The molecule has 2 fully saturated rings.